The molecule has 0 radical (unpaired) electrons. The number of rotatable bonds is 8. The summed E-state index contributed by atoms with van der Waals surface area (Å²) in [7, 11) is 4.43. The van der Waals surface area contributed by atoms with Gasteiger partial charge in [0.15, 0.2) is 11.5 Å². The number of piperidine rings is 1. The van der Waals surface area contributed by atoms with Crippen LogP contribution in [0.4, 0.5) is 4.79 Å². The summed E-state index contributed by atoms with van der Waals surface area (Å²) in [6.45, 7) is 3.73. The lowest BCUT2D eigenvalue weighted by atomic mass is 10.0. The van der Waals surface area contributed by atoms with Gasteiger partial charge < -0.3 is 29.2 Å². The first kappa shape index (κ1) is 21.7. The molecule has 1 N–H and O–H groups in total. The Bertz CT molecular complexity index is 646. The maximum Gasteiger partial charge on any atom is 0.409 e. The van der Waals surface area contributed by atoms with Crippen LogP contribution in [0.5, 0.6) is 17.2 Å². The van der Waals surface area contributed by atoms with Gasteiger partial charge in [-0.2, -0.15) is 0 Å². The number of benzene rings is 1. The Labute approximate surface area is 166 Å². The molecule has 0 aromatic heterocycles. The summed E-state index contributed by atoms with van der Waals surface area (Å²) in [5.41, 5.74) is 0.437. The Kier molecular flexibility index (Phi) is 8.22. The maximum atomic E-state index is 12.7. The molecule has 1 aromatic carbocycles. The average Bonchev–Trinajstić information content (AvgIpc) is 2.73. The van der Waals surface area contributed by atoms with E-state index in [1.54, 1.807) is 17.0 Å². The van der Waals surface area contributed by atoms with Gasteiger partial charge in [-0.25, -0.2) is 4.79 Å². The highest BCUT2D eigenvalue weighted by atomic mass is 16.5. The van der Waals surface area contributed by atoms with Gasteiger partial charge in [-0.05, 0) is 31.4 Å². The van der Waals surface area contributed by atoms with E-state index in [0.717, 1.165) is 12.8 Å². The molecule has 0 spiro atoms. The number of nitrogens with zero attached hydrogens (tertiary/aromatic N) is 1. The lowest BCUT2D eigenvalue weighted by Crippen LogP contribution is -2.46. The number of likely N-dealkylation sites (tertiary alicyclic amines) is 1. The Morgan fingerprint density at radius 1 is 1.11 bits per heavy atom. The first-order valence-corrected chi connectivity index (χ1v) is 9.56. The number of carbonyl (C=O) groups excluding carboxylic acids is 2. The zero-order chi connectivity index (χ0) is 20.5. The molecular weight excluding hydrogens is 364 g/mol. The fourth-order valence-corrected chi connectivity index (χ4v) is 3.08. The van der Waals surface area contributed by atoms with Crippen LogP contribution in [0, 0.1) is 0 Å². The topological polar surface area (TPSA) is 86.3 Å². The second-order valence-electron chi connectivity index (χ2n) is 6.62. The maximum absolute atomic E-state index is 12.7. The molecule has 8 heteroatoms. The number of nitrogens with one attached hydrogen (secondary N) is 1. The minimum absolute atomic E-state index is 0.00845. The summed E-state index contributed by atoms with van der Waals surface area (Å²) in [6.07, 6.45) is 2.94. The third-order valence-corrected chi connectivity index (χ3v) is 4.73. The van der Waals surface area contributed by atoms with Crippen molar-refractivity contribution in [3.05, 3.63) is 17.7 Å². The summed E-state index contributed by atoms with van der Waals surface area (Å²) >= 11 is 0. The van der Waals surface area contributed by atoms with E-state index in [2.05, 4.69) is 12.2 Å². The van der Waals surface area contributed by atoms with Crippen molar-refractivity contribution in [1.82, 2.24) is 10.2 Å². The van der Waals surface area contributed by atoms with Crippen LogP contribution >= 0.6 is 0 Å². The van der Waals surface area contributed by atoms with Crippen LogP contribution in [-0.2, 0) is 4.74 Å². The Morgan fingerprint density at radius 2 is 1.71 bits per heavy atom. The molecule has 28 heavy (non-hydrogen) atoms. The van der Waals surface area contributed by atoms with Crippen molar-refractivity contribution in [2.75, 3.05) is 41.0 Å². The van der Waals surface area contributed by atoms with E-state index in [1.165, 1.54) is 21.3 Å². The van der Waals surface area contributed by atoms with Crippen molar-refractivity contribution in [2.45, 2.75) is 38.6 Å². The van der Waals surface area contributed by atoms with Gasteiger partial charge in [-0.1, -0.05) is 13.3 Å². The molecule has 2 rings (SSSR count). The first-order chi connectivity index (χ1) is 13.5. The summed E-state index contributed by atoms with van der Waals surface area (Å²) in [6, 6.07) is 3.30. The minimum atomic E-state index is -0.335. The zero-order valence-corrected chi connectivity index (χ0v) is 17.1. The van der Waals surface area contributed by atoms with E-state index in [9.17, 15) is 9.59 Å². The van der Waals surface area contributed by atoms with Crippen LogP contribution in [0.25, 0.3) is 0 Å². The number of unbranched alkanes of at least 4 members (excludes halogenated alkanes) is 1. The zero-order valence-electron chi connectivity index (χ0n) is 17.1. The van der Waals surface area contributed by atoms with E-state index in [0.29, 0.717) is 55.4 Å². The van der Waals surface area contributed by atoms with Gasteiger partial charge in [-0.15, -0.1) is 0 Å². The van der Waals surface area contributed by atoms with Crippen LogP contribution in [0.15, 0.2) is 12.1 Å². The Morgan fingerprint density at radius 3 is 2.21 bits per heavy atom. The van der Waals surface area contributed by atoms with E-state index in [1.807, 2.05) is 0 Å². The lowest BCUT2D eigenvalue weighted by Gasteiger charge is -2.31. The van der Waals surface area contributed by atoms with Gasteiger partial charge in [0.05, 0.1) is 27.9 Å². The average molecular weight is 394 g/mol. The van der Waals surface area contributed by atoms with Crippen LogP contribution in [0.1, 0.15) is 43.0 Å². The van der Waals surface area contributed by atoms with Gasteiger partial charge in [0.25, 0.3) is 5.91 Å². The third kappa shape index (κ3) is 5.43. The van der Waals surface area contributed by atoms with Gasteiger partial charge in [0.1, 0.15) is 0 Å². The second-order valence-corrected chi connectivity index (χ2v) is 6.62. The van der Waals surface area contributed by atoms with Crippen LogP contribution in [-0.4, -0.2) is 64.0 Å². The number of ether oxygens (including phenoxy) is 4. The van der Waals surface area contributed by atoms with Crippen LogP contribution in [0.3, 0.4) is 0 Å². The van der Waals surface area contributed by atoms with E-state index in [-0.39, 0.29) is 18.0 Å². The van der Waals surface area contributed by atoms with E-state index >= 15 is 0 Å². The molecule has 156 valence electrons. The molecule has 8 nitrogen and oxygen atoms in total. The summed E-state index contributed by atoms with van der Waals surface area (Å²) in [5, 5.41) is 3.02. The molecule has 0 bridgehead atoms. The fraction of sp³-hybridized carbons (Fsp3) is 0.600. The van der Waals surface area contributed by atoms with Crippen LogP contribution < -0.4 is 19.5 Å². The van der Waals surface area contributed by atoms with Crippen molar-refractivity contribution in [3.8, 4) is 17.2 Å². The van der Waals surface area contributed by atoms with Gasteiger partial charge in [-0.3, -0.25) is 4.79 Å². The minimum Gasteiger partial charge on any atom is -0.493 e. The third-order valence-electron chi connectivity index (χ3n) is 4.73. The van der Waals surface area contributed by atoms with Crippen molar-refractivity contribution in [3.63, 3.8) is 0 Å². The van der Waals surface area contributed by atoms with E-state index in [4.69, 9.17) is 18.9 Å². The highest BCUT2D eigenvalue weighted by Gasteiger charge is 2.25. The number of hydrogen-bond donors (Lipinski definition) is 1. The second kappa shape index (κ2) is 10.6. The SMILES string of the molecule is CCCCOc1c(OC)cc(C(=O)NC2CCN(C(=O)OC)CC2)cc1OC. The lowest BCUT2D eigenvalue weighted by molar-refractivity contribution is 0.0891. The molecule has 1 saturated heterocycles. The number of amides is 2. The number of hydrogen-bond acceptors (Lipinski definition) is 6. The summed E-state index contributed by atoms with van der Waals surface area (Å²) < 4.78 is 21.3. The Balaban J connectivity index is 2.05. The molecule has 1 fully saturated rings. The molecule has 1 aliphatic rings. The molecule has 1 aliphatic heterocycles. The summed E-state index contributed by atoms with van der Waals surface area (Å²) in [4.78, 5) is 25.9. The van der Waals surface area contributed by atoms with Crippen molar-refractivity contribution in [2.24, 2.45) is 0 Å². The largest absolute Gasteiger partial charge is 0.493 e. The number of methoxy groups -OCH3 is 3. The molecule has 0 unspecified atom stereocenters. The van der Waals surface area contributed by atoms with Crippen LogP contribution in [0.2, 0.25) is 0 Å². The fourth-order valence-electron chi connectivity index (χ4n) is 3.08. The van der Waals surface area contributed by atoms with Crippen molar-refractivity contribution < 1.29 is 28.5 Å². The molecule has 1 aromatic rings. The smallest absolute Gasteiger partial charge is 0.409 e. The first-order valence-electron chi connectivity index (χ1n) is 9.56. The molecule has 0 aliphatic carbocycles. The van der Waals surface area contributed by atoms with Gasteiger partial charge >= 0.3 is 6.09 Å². The monoisotopic (exact) mass is 394 g/mol. The normalized spacial score (nSPS) is 14.4. The summed E-state index contributed by atoms with van der Waals surface area (Å²) in [5.74, 6) is 1.21. The highest BCUT2D eigenvalue weighted by Crippen LogP contribution is 2.38. The molecule has 2 amide bonds. The predicted octanol–water partition coefficient (Wildman–Crippen LogP) is 2.84. The highest BCUT2D eigenvalue weighted by molar-refractivity contribution is 5.95. The molecule has 1 heterocycles. The molecule has 0 atom stereocenters. The van der Waals surface area contributed by atoms with Crippen molar-refractivity contribution in [1.29, 1.82) is 0 Å². The standard InChI is InChI=1S/C20H30N2O6/c1-5-6-11-28-18-16(25-2)12-14(13-17(18)26-3)19(23)21-15-7-9-22(10-8-15)20(24)27-4/h12-13,15H,5-11H2,1-4H3,(H,21,23). The predicted molar refractivity (Wildman–Crippen MR) is 104 cm³/mol. The molecular formula is C20H30N2O6. The molecule has 0 saturated carbocycles. The Hall–Kier alpha value is -2.64. The van der Waals surface area contributed by atoms with Crippen molar-refractivity contribution >= 4 is 12.0 Å². The number of carbonyl (C=O) groups is 2. The van der Waals surface area contributed by atoms with Gasteiger partial charge in [0.2, 0.25) is 5.75 Å². The van der Waals surface area contributed by atoms with E-state index < -0.39 is 0 Å². The van der Waals surface area contributed by atoms with Gasteiger partial charge in [0, 0.05) is 24.7 Å². The quantitative estimate of drug-likeness (QED) is 0.683.